The Kier molecular flexibility index (Phi) is 6.30. The molecule has 0 radical (unpaired) electrons. The highest BCUT2D eigenvalue weighted by Crippen LogP contribution is 2.37. The zero-order valence-electron chi connectivity index (χ0n) is 10.3. The predicted octanol–water partition coefficient (Wildman–Crippen LogP) is 3.11. The van der Waals surface area contributed by atoms with Gasteiger partial charge in [0.05, 0.1) is 38.6 Å². The fraction of sp³-hybridized carbons (Fsp3) is 0.571. The summed E-state index contributed by atoms with van der Waals surface area (Å²) in [6.45, 7) is 12.9. The van der Waals surface area contributed by atoms with E-state index in [2.05, 4.69) is 19.7 Å². The molecule has 0 saturated heterocycles. The van der Waals surface area contributed by atoms with E-state index in [0.29, 0.717) is 31.0 Å². The molecule has 1 rings (SSSR count). The highest BCUT2D eigenvalue weighted by molar-refractivity contribution is 4.84. The Morgan fingerprint density at radius 1 is 0.765 bits per heavy atom. The lowest BCUT2D eigenvalue weighted by Crippen LogP contribution is -2.17. The largest absolute Gasteiger partial charge is 0.502 e. The van der Waals surface area contributed by atoms with Gasteiger partial charge in [-0.05, 0) is 30.6 Å². The molecule has 0 aliphatic heterocycles. The second-order valence-corrected chi connectivity index (χ2v) is 4.36. The maximum atomic E-state index is 5.30. The van der Waals surface area contributed by atoms with E-state index in [1.165, 1.54) is 18.8 Å². The Morgan fingerprint density at radius 2 is 1.18 bits per heavy atom. The second-order valence-electron chi connectivity index (χ2n) is 4.36. The second kappa shape index (κ2) is 7.82. The SMILES string of the molecule is C=COCC1CC(COC=C)C(COC=C)C1. The third-order valence-electron chi connectivity index (χ3n) is 3.24. The van der Waals surface area contributed by atoms with E-state index in [9.17, 15) is 0 Å². The first kappa shape index (κ1) is 13.7. The number of ether oxygens (including phenoxy) is 3. The van der Waals surface area contributed by atoms with Crippen LogP contribution in [0.25, 0.3) is 0 Å². The summed E-state index contributed by atoms with van der Waals surface area (Å²) in [4.78, 5) is 0. The van der Waals surface area contributed by atoms with E-state index in [1.54, 1.807) is 0 Å². The summed E-state index contributed by atoms with van der Waals surface area (Å²) in [5, 5.41) is 0. The minimum Gasteiger partial charge on any atom is -0.502 e. The third kappa shape index (κ3) is 4.55. The molecule has 1 saturated carbocycles. The first-order valence-electron chi connectivity index (χ1n) is 5.99. The van der Waals surface area contributed by atoms with Gasteiger partial charge < -0.3 is 14.2 Å². The molecule has 2 unspecified atom stereocenters. The number of hydrogen-bond acceptors (Lipinski definition) is 3. The van der Waals surface area contributed by atoms with Crippen molar-refractivity contribution in [2.45, 2.75) is 12.8 Å². The maximum absolute atomic E-state index is 5.30. The van der Waals surface area contributed by atoms with Gasteiger partial charge in [-0.1, -0.05) is 19.7 Å². The fourth-order valence-corrected chi connectivity index (χ4v) is 2.47. The molecule has 0 N–H and O–H groups in total. The van der Waals surface area contributed by atoms with Gasteiger partial charge in [-0.15, -0.1) is 0 Å². The first-order chi connectivity index (χ1) is 8.31. The average Bonchev–Trinajstić information content (AvgIpc) is 2.73. The monoisotopic (exact) mass is 238 g/mol. The molecule has 1 aliphatic carbocycles. The van der Waals surface area contributed by atoms with Crippen molar-refractivity contribution in [2.75, 3.05) is 19.8 Å². The van der Waals surface area contributed by atoms with Crippen LogP contribution in [0.4, 0.5) is 0 Å². The summed E-state index contributed by atoms with van der Waals surface area (Å²) in [6.07, 6.45) is 6.71. The number of rotatable bonds is 9. The van der Waals surface area contributed by atoms with Gasteiger partial charge in [-0.3, -0.25) is 0 Å². The zero-order valence-corrected chi connectivity index (χ0v) is 10.3. The van der Waals surface area contributed by atoms with E-state index in [-0.39, 0.29) is 0 Å². The highest BCUT2D eigenvalue weighted by Gasteiger charge is 2.35. The minimum atomic E-state index is 0.506. The quantitative estimate of drug-likeness (QED) is 0.578. The number of hydrogen-bond donors (Lipinski definition) is 0. The molecular formula is C14H22O3. The van der Waals surface area contributed by atoms with Crippen molar-refractivity contribution in [3.05, 3.63) is 38.5 Å². The molecule has 0 aromatic heterocycles. The van der Waals surface area contributed by atoms with Gasteiger partial charge in [-0.25, -0.2) is 0 Å². The summed E-state index contributed by atoms with van der Waals surface area (Å²) < 4.78 is 15.9. The van der Waals surface area contributed by atoms with Gasteiger partial charge in [0.1, 0.15) is 0 Å². The van der Waals surface area contributed by atoms with Crippen LogP contribution in [0.5, 0.6) is 0 Å². The van der Waals surface area contributed by atoms with E-state index < -0.39 is 0 Å². The van der Waals surface area contributed by atoms with Gasteiger partial charge in [0.2, 0.25) is 0 Å². The maximum Gasteiger partial charge on any atom is 0.0905 e. The van der Waals surface area contributed by atoms with E-state index in [0.717, 1.165) is 19.4 Å². The molecule has 0 heterocycles. The van der Waals surface area contributed by atoms with Gasteiger partial charge in [-0.2, -0.15) is 0 Å². The molecule has 96 valence electrons. The molecule has 1 aliphatic rings. The summed E-state index contributed by atoms with van der Waals surface area (Å²) >= 11 is 0. The molecule has 3 heteroatoms. The van der Waals surface area contributed by atoms with Crippen molar-refractivity contribution >= 4 is 0 Å². The van der Waals surface area contributed by atoms with Crippen LogP contribution in [0.1, 0.15) is 12.8 Å². The average molecular weight is 238 g/mol. The molecule has 17 heavy (non-hydrogen) atoms. The van der Waals surface area contributed by atoms with Crippen LogP contribution in [0.2, 0.25) is 0 Å². The molecular weight excluding hydrogens is 216 g/mol. The summed E-state index contributed by atoms with van der Waals surface area (Å²) in [5.74, 6) is 1.57. The molecule has 0 amide bonds. The van der Waals surface area contributed by atoms with Crippen molar-refractivity contribution in [1.29, 1.82) is 0 Å². The van der Waals surface area contributed by atoms with Crippen LogP contribution >= 0.6 is 0 Å². The van der Waals surface area contributed by atoms with Crippen molar-refractivity contribution in [2.24, 2.45) is 17.8 Å². The molecule has 3 nitrogen and oxygen atoms in total. The lowest BCUT2D eigenvalue weighted by molar-refractivity contribution is 0.119. The summed E-state index contributed by atoms with van der Waals surface area (Å²) in [7, 11) is 0. The lowest BCUT2D eigenvalue weighted by Gasteiger charge is -2.17. The van der Waals surface area contributed by atoms with Gasteiger partial charge in [0, 0.05) is 0 Å². The van der Waals surface area contributed by atoms with Crippen molar-refractivity contribution < 1.29 is 14.2 Å². The van der Waals surface area contributed by atoms with Crippen LogP contribution in [-0.2, 0) is 14.2 Å². The zero-order chi connectivity index (χ0) is 12.5. The van der Waals surface area contributed by atoms with E-state index in [1.807, 2.05) is 0 Å². The van der Waals surface area contributed by atoms with Crippen LogP contribution in [0.3, 0.4) is 0 Å². The Balaban J connectivity index is 2.42. The van der Waals surface area contributed by atoms with E-state index >= 15 is 0 Å². The molecule has 0 spiro atoms. The van der Waals surface area contributed by atoms with Crippen LogP contribution in [-0.4, -0.2) is 19.8 Å². The summed E-state index contributed by atoms with van der Waals surface area (Å²) in [5.41, 5.74) is 0. The van der Waals surface area contributed by atoms with Gasteiger partial charge in [0.25, 0.3) is 0 Å². The van der Waals surface area contributed by atoms with Crippen LogP contribution in [0.15, 0.2) is 38.5 Å². The standard InChI is InChI=1S/C14H22O3/c1-4-15-9-12-7-13(10-16-5-2)14(8-12)11-17-6-3/h4-6,12-14H,1-3,7-11H2. The Hall–Kier alpha value is -1.38. The van der Waals surface area contributed by atoms with Crippen molar-refractivity contribution in [1.82, 2.24) is 0 Å². The Labute approximate surface area is 104 Å². The minimum absolute atomic E-state index is 0.506. The third-order valence-corrected chi connectivity index (χ3v) is 3.24. The topological polar surface area (TPSA) is 27.7 Å². The highest BCUT2D eigenvalue weighted by atomic mass is 16.5. The van der Waals surface area contributed by atoms with Gasteiger partial charge >= 0.3 is 0 Å². The molecule has 2 atom stereocenters. The molecule has 0 aromatic rings. The Bertz CT molecular complexity index is 230. The van der Waals surface area contributed by atoms with Crippen molar-refractivity contribution in [3.8, 4) is 0 Å². The molecule has 0 bridgehead atoms. The van der Waals surface area contributed by atoms with E-state index in [4.69, 9.17) is 14.2 Å². The fourth-order valence-electron chi connectivity index (χ4n) is 2.47. The summed E-state index contributed by atoms with van der Waals surface area (Å²) in [6, 6.07) is 0. The molecule has 1 fully saturated rings. The predicted molar refractivity (Wildman–Crippen MR) is 68.2 cm³/mol. The van der Waals surface area contributed by atoms with Gasteiger partial charge in [0.15, 0.2) is 0 Å². The molecule has 0 aromatic carbocycles. The van der Waals surface area contributed by atoms with Crippen LogP contribution in [0, 0.1) is 17.8 Å². The first-order valence-corrected chi connectivity index (χ1v) is 5.99. The van der Waals surface area contributed by atoms with Crippen LogP contribution < -0.4 is 0 Å². The smallest absolute Gasteiger partial charge is 0.0905 e. The lowest BCUT2D eigenvalue weighted by atomic mass is 9.98. The Morgan fingerprint density at radius 3 is 1.59 bits per heavy atom. The normalized spacial score (nSPS) is 27.2. The van der Waals surface area contributed by atoms with Crippen molar-refractivity contribution in [3.63, 3.8) is 0 Å².